The summed E-state index contributed by atoms with van der Waals surface area (Å²) in [5, 5.41) is 3.33. The first-order valence-corrected chi connectivity index (χ1v) is 7.68. The van der Waals surface area contributed by atoms with Crippen LogP contribution in [-0.4, -0.2) is 11.5 Å². The predicted octanol–water partition coefficient (Wildman–Crippen LogP) is 4.58. The van der Waals surface area contributed by atoms with E-state index < -0.39 is 0 Å². The van der Waals surface area contributed by atoms with E-state index in [0.717, 1.165) is 30.6 Å². The van der Waals surface area contributed by atoms with E-state index in [1.165, 1.54) is 6.07 Å². The fourth-order valence-electron chi connectivity index (χ4n) is 1.89. The fourth-order valence-corrected chi connectivity index (χ4v) is 2.24. The van der Waals surface area contributed by atoms with Crippen molar-refractivity contribution in [1.82, 2.24) is 10.3 Å². The third-order valence-electron chi connectivity index (χ3n) is 2.95. The van der Waals surface area contributed by atoms with Crippen molar-refractivity contribution in [2.75, 3.05) is 6.54 Å². The highest BCUT2D eigenvalue weighted by atomic mass is 79.9. The molecule has 0 amide bonds. The first-order chi connectivity index (χ1) is 10.1. The molecule has 1 aromatic carbocycles. The zero-order chi connectivity index (χ0) is 15.2. The lowest BCUT2D eigenvalue weighted by atomic mass is 10.2. The van der Waals surface area contributed by atoms with Crippen LogP contribution in [0.2, 0.25) is 0 Å². The Morgan fingerprint density at radius 3 is 2.81 bits per heavy atom. The number of nitrogens with zero attached hydrogens (tertiary/aromatic N) is 1. The van der Waals surface area contributed by atoms with Gasteiger partial charge in [0.15, 0.2) is 0 Å². The van der Waals surface area contributed by atoms with Crippen LogP contribution in [-0.2, 0) is 6.54 Å². The number of rotatable bonds is 6. The quantitative estimate of drug-likeness (QED) is 0.772. The number of hydrogen-bond donors (Lipinski definition) is 1. The van der Waals surface area contributed by atoms with Crippen molar-refractivity contribution in [1.29, 1.82) is 0 Å². The van der Waals surface area contributed by atoms with Crippen molar-refractivity contribution in [3.63, 3.8) is 0 Å². The molecule has 3 nitrogen and oxygen atoms in total. The lowest BCUT2D eigenvalue weighted by Crippen LogP contribution is -2.14. The van der Waals surface area contributed by atoms with E-state index in [0.29, 0.717) is 16.1 Å². The molecule has 0 bridgehead atoms. The number of aromatic nitrogens is 1. The maximum Gasteiger partial charge on any atom is 0.222 e. The number of ether oxygens (including phenoxy) is 1. The number of nitrogens with one attached hydrogen (secondary N) is 1. The molecule has 0 saturated heterocycles. The van der Waals surface area contributed by atoms with Gasteiger partial charge in [0.05, 0.1) is 4.47 Å². The third kappa shape index (κ3) is 4.51. The van der Waals surface area contributed by atoms with Crippen LogP contribution in [0.15, 0.2) is 34.9 Å². The van der Waals surface area contributed by atoms with Crippen LogP contribution in [0.25, 0.3) is 0 Å². The molecule has 2 aromatic rings. The first-order valence-electron chi connectivity index (χ1n) is 6.89. The summed E-state index contributed by atoms with van der Waals surface area (Å²) in [6.45, 7) is 5.86. The minimum atomic E-state index is -0.315. The summed E-state index contributed by atoms with van der Waals surface area (Å²) in [5.74, 6) is 0.771. The van der Waals surface area contributed by atoms with Gasteiger partial charge in [0.1, 0.15) is 11.6 Å². The van der Waals surface area contributed by atoms with E-state index in [9.17, 15) is 4.39 Å². The fraction of sp³-hybridized carbons (Fsp3) is 0.312. The van der Waals surface area contributed by atoms with Gasteiger partial charge in [-0.1, -0.05) is 6.92 Å². The molecule has 0 unspecified atom stereocenters. The van der Waals surface area contributed by atoms with Crippen molar-refractivity contribution in [2.45, 2.75) is 26.8 Å². The molecule has 1 N–H and O–H groups in total. The number of benzene rings is 1. The number of aryl methyl sites for hydroxylation is 1. The molecule has 0 aliphatic carbocycles. The molecule has 0 radical (unpaired) electrons. The van der Waals surface area contributed by atoms with Crippen molar-refractivity contribution in [3.8, 4) is 11.6 Å². The van der Waals surface area contributed by atoms with Gasteiger partial charge in [0, 0.05) is 18.3 Å². The van der Waals surface area contributed by atoms with Gasteiger partial charge in [-0.2, -0.15) is 0 Å². The molecular weight excluding hydrogens is 335 g/mol. The van der Waals surface area contributed by atoms with E-state index in [-0.39, 0.29) is 5.82 Å². The zero-order valence-corrected chi connectivity index (χ0v) is 13.7. The smallest absolute Gasteiger partial charge is 0.222 e. The summed E-state index contributed by atoms with van der Waals surface area (Å²) in [4.78, 5) is 4.33. The standard InChI is InChI=1S/C16H18BrFN2O/c1-3-6-19-9-12-7-11(2)16(20-10-12)21-13-4-5-15(18)14(17)8-13/h4-5,7-8,10,19H,3,6,9H2,1-2H3. The highest BCUT2D eigenvalue weighted by Gasteiger charge is 2.07. The highest BCUT2D eigenvalue weighted by molar-refractivity contribution is 9.10. The Labute approximate surface area is 132 Å². The molecule has 0 aliphatic heterocycles. The molecule has 112 valence electrons. The highest BCUT2D eigenvalue weighted by Crippen LogP contribution is 2.27. The second kappa shape index (κ2) is 7.52. The number of halogens is 2. The monoisotopic (exact) mass is 352 g/mol. The Morgan fingerprint density at radius 2 is 2.14 bits per heavy atom. The summed E-state index contributed by atoms with van der Waals surface area (Å²) in [7, 11) is 0. The number of hydrogen-bond acceptors (Lipinski definition) is 3. The average Bonchev–Trinajstić information content (AvgIpc) is 2.46. The second-order valence-corrected chi connectivity index (χ2v) is 5.67. The maximum absolute atomic E-state index is 13.2. The van der Waals surface area contributed by atoms with E-state index in [2.05, 4.69) is 33.2 Å². The lowest BCUT2D eigenvalue weighted by molar-refractivity contribution is 0.456. The Hall–Kier alpha value is -1.46. The number of pyridine rings is 1. The molecule has 0 aliphatic rings. The zero-order valence-electron chi connectivity index (χ0n) is 12.1. The summed E-state index contributed by atoms with van der Waals surface area (Å²) in [5.41, 5.74) is 2.07. The molecule has 5 heteroatoms. The van der Waals surface area contributed by atoms with Gasteiger partial charge >= 0.3 is 0 Å². The van der Waals surface area contributed by atoms with E-state index >= 15 is 0 Å². The second-order valence-electron chi connectivity index (χ2n) is 4.82. The van der Waals surface area contributed by atoms with Crippen molar-refractivity contribution in [3.05, 3.63) is 51.9 Å². The van der Waals surface area contributed by atoms with E-state index in [1.54, 1.807) is 18.3 Å². The lowest BCUT2D eigenvalue weighted by Gasteiger charge is -2.10. The average molecular weight is 353 g/mol. The maximum atomic E-state index is 13.2. The predicted molar refractivity (Wildman–Crippen MR) is 85.1 cm³/mol. The summed E-state index contributed by atoms with van der Waals surface area (Å²) in [6.07, 6.45) is 2.90. The topological polar surface area (TPSA) is 34.2 Å². The van der Waals surface area contributed by atoms with Gasteiger partial charge in [-0.3, -0.25) is 0 Å². The summed E-state index contributed by atoms with van der Waals surface area (Å²) < 4.78 is 19.3. The molecule has 0 atom stereocenters. The molecule has 1 aromatic heterocycles. The van der Waals surface area contributed by atoms with Gasteiger partial charge in [-0.15, -0.1) is 0 Å². The van der Waals surface area contributed by atoms with Crippen LogP contribution in [0, 0.1) is 12.7 Å². The van der Waals surface area contributed by atoms with Gasteiger partial charge in [-0.05, 0) is 65.6 Å². The molecule has 2 rings (SSSR count). The SMILES string of the molecule is CCCNCc1cnc(Oc2ccc(F)c(Br)c2)c(C)c1. The van der Waals surface area contributed by atoms with Crippen LogP contribution in [0.4, 0.5) is 4.39 Å². The van der Waals surface area contributed by atoms with Crippen LogP contribution in [0.1, 0.15) is 24.5 Å². The van der Waals surface area contributed by atoms with Crippen molar-refractivity contribution in [2.24, 2.45) is 0 Å². The molecule has 0 fully saturated rings. The summed E-state index contributed by atoms with van der Waals surface area (Å²) >= 11 is 3.14. The largest absolute Gasteiger partial charge is 0.439 e. The minimum absolute atomic E-state index is 0.315. The van der Waals surface area contributed by atoms with Crippen LogP contribution in [0.5, 0.6) is 11.6 Å². The molecule has 0 spiro atoms. The normalized spacial score (nSPS) is 10.7. The molecular formula is C16H18BrFN2O. The van der Waals surface area contributed by atoms with E-state index in [1.807, 2.05) is 13.0 Å². The molecule has 21 heavy (non-hydrogen) atoms. The van der Waals surface area contributed by atoms with Gasteiger partial charge in [0.2, 0.25) is 5.88 Å². The van der Waals surface area contributed by atoms with Crippen LogP contribution >= 0.6 is 15.9 Å². The van der Waals surface area contributed by atoms with Gasteiger partial charge in [-0.25, -0.2) is 9.37 Å². The summed E-state index contributed by atoms with van der Waals surface area (Å²) in [6, 6.07) is 6.58. The Kier molecular flexibility index (Phi) is 5.70. The minimum Gasteiger partial charge on any atom is -0.439 e. The Balaban J connectivity index is 2.08. The molecule has 1 heterocycles. The first kappa shape index (κ1) is 15.9. The Bertz CT molecular complexity index is 619. The van der Waals surface area contributed by atoms with Crippen molar-refractivity contribution < 1.29 is 9.13 Å². The van der Waals surface area contributed by atoms with Crippen LogP contribution < -0.4 is 10.1 Å². The molecule has 0 saturated carbocycles. The van der Waals surface area contributed by atoms with Crippen LogP contribution in [0.3, 0.4) is 0 Å². The third-order valence-corrected chi connectivity index (χ3v) is 3.56. The van der Waals surface area contributed by atoms with Crippen molar-refractivity contribution >= 4 is 15.9 Å². The van der Waals surface area contributed by atoms with Gasteiger partial charge < -0.3 is 10.1 Å². The van der Waals surface area contributed by atoms with Gasteiger partial charge in [0.25, 0.3) is 0 Å². The van der Waals surface area contributed by atoms with E-state index in [4.69, 9.17) is 4.74 Å². The Morgan fingerprint density at radius 1 is 1.33 bits per heavy atom.